The fraction of sp³-hybridized carbons (Fsp3) is 0.455. The van der Waals surface area contributed by atoms with Crippen LogP contribution in [0.2, 0.25) is 5.02 Å². The van der Waals surface area contributed by atoms with Crippen LogP contribution < -0.4 is 5.32 Å². The van der Waals surface area contributed by atoms with Crippen LogP contribution in [0.3, 0.4) is 0 Å². The van der Waals surface area contributed by atoms with E-state index in [2.05, 4.69) is 25.2 Å². The molecule has 1 aromatic carbocycles. The average Bonchev–Trinajstić information content (AvgIpc) is 2.02. The molecule has 0 saturated heterocycles. The predicted molar refractivity (Wildman–Crippen MR) is 57.6 cm³/mol. The van der Waals surface area contributed by atoms with Gasteiger partial charge in [0.15, 0.2) is 0 Å². The molecule has 1 aromatic rings. The molecular weight excluding hydrogens is 182 g/mol. The van der Waals surface area contributed by atoms with Crippen molar-refractivity contribution in [3.05, 3.63) is 28.8 Å². The van der Waals surface area contributed by atoms with Crippen molar-refractivity contribution in [2.45, 2.75) is 25.7 Å². The van der Waals surface area contributed by atoms with Gasteiger partial charge < -0.3 is 5.32 Å². The van der Waals surface area contributed by atoms with Gasteiger partial charge in [-0.1, -0.05) is 31.5 Å². The van der Waals surface area contributed by atoms with E-state index in [1.54, 1.807) is 0 Å². The molecule has 0 amide bonds. The molecule has 2 heteroatoms. The number of benzene rings is 1. The first-order valence-corrected chi connectivity index (χ1v) is 5.02. The second-order valence-electron chi connectivity index (χ2n) is 4.22. The molecule has 0 bridgehead atoms. The molecule has 1 nitrogen and oxygen atoms in total. The first kappa shape index (κ1) is 8.89. The molecule has 1 N–H and O–H groups in total. The van der Waals surface area contributed by atoms with Crippen molar-refractivity contribution in [2.24, 2.45) is 0 Å². The molecule has 0 aromatic heterocycles. The summed E-state index contributed by atoms with van der Waals surface area (Å²) in [6.07, 6.45) is 1.14. The maximum atomic E-state index is 6.19. The third-order valence-corrected chi connectivity index (χ3v) is 3.07. The predicted octanol–water partition coefficient (Wildman–Crippen LogP) is 3.43. The summed E-state index contributed by atoms with van der Waals surface area (Å²) in [5, 5.41) is 4.26. The molecule has 0 atom stereocenters. The van der Waals surface area contributed by atoms with Gasteiger partial charge in [-0.25, -0.2) is 0 Å². The SMILES string of the molecule is CC1(C)CCNc2cccc(Cl)c21. The highest BCUT2D eigenvalue weighted by Gasteiger charge is 2.29. The number of halogens is 1. The number of anilines is 1. The van der Waals surface area contributed by atoms with Gasteiger partial charge in [-0.2, -0.15) is 0 Å². The Balaban J connectivity index is 2.61. The maximum absolute atomic E-state index is 6.19. The first-order chi connectivity index (χ1) is 6.11. The summed E-state index contributed by atoms with van der Waals surface area (Å²) in [7, 11) is 0. The second-order valence-corrected chi connectivity index (χ2v) is 4.63. The molecule has 2 rings (SSSR count). The molecule has 0 spiro atoms. The Bertz CT molecular complexity index is 331. The Morgan fingerprint density at radius 2 is 2.15 bits per heavy atom. The molecular formula is C11H14ClN. The van der Waals surface area contributed by atoms with Crippen LogP contribution >= 0.6 is 11.6 Å². The van der Waals surface area contributed by atoms with E-state index in [4.69, 9.17) is 11.6 Å². The van der Waals surface area contributed by atoms with Gasteiger partial charge in [0.2, 0.25) is 0 Å². The van der Waals surface area contributed by atoms with Gasteiger partial charge in [-0.3, -0.25) is 0 Å². The lowest BCUT2D eigenvalue weighted by atomic mass is 9.78. The zero-order valence-electron chi connectivity index (χ0n) is 8.02. The normalized spacial score (nSPS) is 19.0. The van der Waals surface area contributed by atoms with E-state index in [0.717, 1.165) is 18.0 Å². The lowest BCUT2D eigenvalue weighted by Crippen LogP contribution is -2.28. The Morgan fingerprint density at radius 1 is 1.38 bits per heavy atom. The van der Waals surface area contributed by atoms with Gasteiger partial charge in [0, 0.05) is 17.3 Å². The summed E-state index contributed by atoms with van der Waals surface area (Å²) in [6, 6.07) is 6.06. The standard InChI is InChI=1S/C11H14ClN/c1-11(2)6-7-13-9-5-3-4-8(12)10(9)11/h3-5,13H,6-7H2,1-2H3. The molecule has 0 saturated carbocycles. The Labute approximate surface area is 84.1 Å². The van der Waals surface area contributed by atoms with E-state index in [1.165, 1.54) is 11.3 Å². The van der Waals surface area contributed by atoms with Gasteiger partial charge in [0.05, 0.1) is 0 Å². The van der Waals surface area contributed by atoms with Crippen molar-refractivity contribution in [1.82, 2.24) is 0 Å². The quantitative estimate of drug-likeness (QED) is 0.669. The zero-order chi connectivity index (χ0) is 9.47. The minimum absolute atomic E-state index is 0.207. The largest absolute Gasteiger partial charge is 0.385 e. The van der Waals surface area contributed by atoms with Crippen LogP contribution in [-0.4, -0.2) is 6.54 Å². The topological polar surface area (TPSA) is 12.0 Å². The highest BCUT2D eigenvalue weighted by molar-refractivity contribution is 6.32. The molecule has 0 radical (unpaired) electrons. The van der Waals surface area contributed by atoms with Crippen molar-refractivity contribution in [3.8, 4) is 0 Å². The molecule has 0 fully saturated rings. The number of hydrogen-bond acceptors (Lipinski definition) is 1. The van der Waals surface area contributed by atoms with Crippen molar-refractivity contribution < 1.29 is 0 Å². The van der Waals surface area contributed by atoms with Crippen molar-refractivity contribution in [1.29, 1.82) is 0 Å². The van der Waals surface area contributed by atoms with Gasteiger partial charge in [0.1, 0.15) is 0 Å². The van der Waals surface area contributed by atoms with Crippen molar-refractivity contribution in [2.75, 3.05) is 11.9 Å². The highest BCUT2D eigenvalue weighted by atomic mass is 35.5. The summed E-state index contributed by atoms with van der Waals surface area (Å²) >= 11 is 6.19. The summed E-state index contributed by atoms with van der Waals surface area (Å²) in [4.78, 5) is 0. The van der Waals surface area contributed by atoms with E-state index in [1.807, 2.05) is 12.1 Å². The van der Waals surface area contributed by atoms with Gasteiger partial charge >= 0.3 is 0 Å². The smallest absolute Gasteiger partial charge is 0.0464 e. The van der Waals surface area contributed by atoms with E-state index >= 15 is 0 Å². The maximum Gasteiger partial charge on any atom is 0.0464 e. The van der Waals surface area contributed by atoms with E-state index in [0.29, 0.717) is 0 Å². The van der Waals surface area contributed by atoms with Crippen LogP contribution in [0.4, 0.5) is 5.69 Å². The third kappa shape index (κ3) is 1.42. The minimum Gasteiger partial charge on any atom is -0.385 e. The van der Waals surface area contributed by atoms with E-state index < -0.39 is 0 Å². The lowest BCUT2D eigenvalue weighted by molar-refractivity contribution is 0.482. The molecule has 70 valence electrons. The zero-order valence-corrected chi connectivity index (χ0v) is 8.78. The Hall–Kier alpha value is -0.690. The van der Waals surface area contributed by atoms with Crippen LogP contribution in [0, 0.1) is 0 Å². The lowest BCUT2D eigenvalue weighted by Gasteiger charge is -2.34. The van der Waals surface area contributed by atoms with Crippen LogP contribution in [0.1, 0.15) is 25.8 Å². The molecule has 1 heterocycles. The van der Waals surface area contributed by atoms with E-state index in [-0.39, 0.29) is 5.41 Å². The van der Waals surface area contributed by atoms with Crippen LogP contribution in [0.25, 0.3) is 0 Å². The second kappa shape index (κ2) is 2.91. The van der Waals surface area contributed by atoms with Gasteiger partial charge in [-0.05, 0) is 29.5 Å². The van der Waals surface area contributed by atoms with Crippen LogP contribution in [0.5, 0.6) is 0 Å². The summed E-state index contributed by atoms with van der Waals surface area (Å²) < 4.78 is 0. The number of rotatable bonds is 0. The molecule has 1 aliphatic rings. The van der Waals surface area contributed by atoms with E-state index in [9.17, 15) is 0 Å². The van der Waals surface area contributed by atoms with Crippen molar-refractivity contribution >= 4 is 17.3 Å². The summed E-state index contributed by atoms with van der Waals surface area (Å²) in [6.45, 7) is 5.54. The number of fused-ring (bicyclic) bond motifs is 1. The molecule has 13 heavy (non-hydrogen) atoms. The molecule has 0 unspecified atom stereocenters. The number of hydrogen-bond donors (Lipinski definition) is 1. The molecule has 1 aliphatic heterocycles. The summed E-state index contributed by atoms with van der Waals surface area (Å²) in [5.41, 5.74) is 2.67. The number of nitrogens with one attached hydrogen (secondary N) is 1. The highest BCUT2D eigenvalue weighted by Crippen LogP contribution is 2.40. The van der Waals surface area contributed by atoms with Crippen molar-refractivity contribution in [3.63, 3.8) is 0 Å². The van der Waals surface area contributed by atoms with Crippen LogP contribution in [0.15, 0.2) is 18.2 Å². The summed E-state index contributed by atoms with van der Waals surface area (Å²) in [5.74, 6) is 0. The van der Waals surface area contributed by atoms with Gasteiger partial charge in [-0.15, -0.1) is 0 Å². The average molecular weight is 196 g/mol. The Morgan fingerprint density at radius 3 is 2.85 bits per heavy atom. The Kier molecular flexibility index (Phi) is 1.99. The fourth-order valence-corrected chi connectivity index (χ4v) is 2.42. The first-order valence-electron chi connectivity index (χ1n) is 4.64. The van der Waals surface area contributed by atoms with Gasteiger partial charge in [0.25, 0.3) is 0 Å². The molecule has 0 aliphatic carbocycles. The minimum atomic E-state index is 0.207. The fourth-order valence-electron chi connectivity index (χ4n) is 1.99. The van der Waals surface area contributed by atoms with Crippen LogP contribution in [-0.2, 0) is 5.41 Å². The third-order valence-electron chi connectivity index (χ3n) is 2.76. The monoisotopic (exact) mass is 195 g/mol.